The van der Waals surface area contributed by atoms with Crippen LogP contribution in [0.2, 0.25) is 6.04 Å². The van der Waals surface area contributed by atoms with Crippen molar-refractivity contribution >= 4 is 14.6 Å². The molecule has 1 aliphatic heterocycles. The molecule has 1 fully saturated rings. The Kier molecular flexibility index (Phi) is 2.24. The van der Waals surface area contributed by atoms with Crippen LogP contribution < -0.4 is 5.73 Å². The van der Waals surface area contributed by atoms with E-state index in [9.17, 15) is 4.79 Å². The van der Waals surface area contributed by atoms with E-state index in [2.05, 4.69) is 0 Å². The lowest BCUT2D eigenvalue weighted by atomic mass is 10.4. The van der Waals surface area contributed by atoms with Gasteiger partial charge < -0.3 is 10.2 Å². The Morgan fingerprint density at radius 2 is 2.33 bits per heavy atom. The maximum atomic E-state index is 10.5. The van der Waals surface area contributed by atoms with Gasteiger partial charge in [-0.25, -0.2) is 0 Å². The fraction of sp³-hybridized carbons (Fsp3) is 0.800. The van der Waals surface area contributed by atoms with Crippen LogP contribution in [0.25, 0.3) is 0 Å². The minimum absolute atomic E-state index is 0.185. The lowest BCUT2D eigenvalue weighted by Crippen LogP contribution is -2.37. The van der Waals surface area contributed by atoms with E-state index in [-0.39, 0.29) is 5.53 Å². The summed E-state index contributed by atoms with van der Waals surface area (Å²) in [6.07, 6.45) is 2.22. The Morgan fingerprint density at radius 1 is 1.56 bits per heavy atom. The summed E-state index contributed by atoms with van der Waals surface area (Å²) in [4.78, 5) is 10.5. The number of nitrogens with two attached hydrogens (primary N) is 1. The molecular weight excluding hydrogens is 134 g/mol. The van der Waals surface area contributed by atoms with Crippen LogP contribution in [0.1, 0.15) is 12.8 Å². The van der Waals surface area contributed by atoms with Gasteiger partial charge in [-0.1, -0.05) is 6.42 Å². The second-order valence-electron chi connectivity index (χ2n) is 2.26. The first-order chi connectivity index (χ1) is 4.30. The molecule has 0 aromatic rings. The molecule has 1 atom stereocenters. The van der Waals surface area contributed by atoms with E-state index in [4.69, 9.17) is 10.2 Å². The van der Waals surface area contributed by atoms with Crippen LogP contribution in [-0.4, -0.2) is 21.2 Å². The molecule has 0 aromatic carbocycles. The van der Waals surface area contributed by atoms with Gasteiger partial charge in [0.15, 0.2) is 0 Å². The summed E-state index contributed by atoms with van der Waals surface area (Å²) < 4.78 is 5.20. The molecule has 1 rings (SSSR count). The molecule has 4 heteroatoms. The molecule has 2 N–H and O–H groups in total. The molecule has 52 valence electrons. The Bertz CT molecular complexity index is 112. The van der Waals surface area contributed by atoms with Gasteiger partial charge in [0, 0.05) is 6.61 Å². The normalized spacial score (nSPS) is 27.8. The third-order valence-electron chi connectivity index (χ3n) is 1.50. The van der Waals surface area contributed by atoms with E-state index >= 15 is 0 Å². The van der Waals surface area contributed by atoms with Crippen LogP contribution in [0, 0.1) is 0 Å². The average Bonchev–Trinajstić information content (AvgIpc) is 1.90. The van der Waals surface area contributed by atoms with Gasteiger partial charge in [-0.15, -0.1) is 0 Å². The van der Waals surface area contributed by atoms with E-state index in [1.807, 2.05) is 0 Å². The third-order valence-corrected chi connectivity index (χ3v) is 3.70. The first-order valence-corrected chi connectivity index (χ1v) is 5.08. The Labute approximate surface area is 55.9 Å². The SMILES string of the molecule is NC(=O)[SiH]1CCCCO1. The van der Waals surface area contributed by atoms with Gasteiger partial charge in [-0.05, 0) is 12.5 Å². The summed E-state index contributed by atoms with van der Waals surface area (Å²) in [6.45, 7) is 0.750. The van der Waals surface area contributed by atoms with Crippen molar-refractivity contribution in [3.63, 3.8) is 0 Å². The fourth-order valence-corrected chi connectivity index (χ4v) is 2.69. The number of hydrogen-bond acceptors (Lipinski definition) is 2. The summed E-state index contributed by atoms with van der Waals surface area (Å²) >= 11 is 0. The minimum atomic E-state index is -1.56. The molecule has 1 aliphatic rings. The predicted molar refractivity (Wildman–Crippen MR) is 36.7 cm³/mol. The van der Waals surface area contributed by atoms with Crippen molar-refractivity contribution in [3.8, 4) is 0 Å². The van der Waals surface area contributed by atoms with Gasteiger partial charge in [-0.3, -0.25) is 4.79 Å². The van der Waals surface area contributed by atoms with Gasteiger partial charge in [-0.2, -0.15) is 0 Å². The molecule has 0 aliphatic carbocycles. The van der Waals surface area contributed by atoms with Gasteiger partial charge in [0.25, 0.3) is 9.04 Å². The van der Waals surface area contributed by atoms with Crippen molar-refractivity contribution < 1.29 is 9.22 Å². The molecule has 1 saturated heterocycles. The molecule has 1 unspecified atom stereocenters. The highest BCUT2D eigenvalue weighted by atomic mass is 28.3. The number of primary amides is 1. The first-order valence-electron chi connectivity index (χ1n) is 3.21. The minimum Gasteiger partial charge on any atom is -0.410 e. The van der Waals surface area contributed by atoms with Gasteiger partial charge in [0.05, 0.1) is 0 Å². The van der Waals surface area contributed by atoms with Crippen LogP contribution in [0.3, 0.4) is 0 Å². The Morgan fingerprint density at radius 3 is 2.67 bits per heavy atom. The van der Waals surface area contributed by atoms with E-state index in [1.54, 1.807) is 0 Å². The number of amides is 1. The van der Waals surface area contributed by atoms with Crippen LogP contribution in [0.4, 0.5) is 4.79 Å². The number of hydrogen-bond donors (Lipinski definition) is 1. The van der Waals surface area contributed by atoms with Crippen LogP contribution in [-0.2, 0) is 4.43 Å². The number of carbonyl (C=O) groups excluding carboxylic acids is 1. The summed E-state index contributed by atoms with van der Waals surface area (Å²) in [5.41, 5.74) is 4.88. The van der Waals surface area contributed by atoms with Crippen molar-refractivity contribution in [1.82, 2.24) is 0 Å². The molecule has 0 spiro atoms. The molecule has 0 saturated carbocycles. The quantitative estimate of drug-likeness (QED) is 0.535. The van der Waals surface area contributed by atoms with Gasteiger partial charge in [0.1, 0.15) is 0 Å². The second kappa shape index (κ2) is 2.98. The van der Waals surface area contributed by atoms with Crippen molar-refractivity contribution in [2.75, 3.05) is 6.61 Å². The van der Waals surface area contributed by atoms with E-state index in [1.165, 1.54) is 0 Å². The molecule has 1 heterocycles. The second-order valence-corrected chi connectivity index (χ2v) is 4.71. The molecule has 3 nitrogen and oxygen atoms in total. The van der Waals surface area contributed by atoms with Crippen molar-refractivity contribution in [2.24, 2.45) is 5.73 Å². The summed E-state index contributed by atoms with van der Waals surface area (Å²) in [6, 6.07) is 0.940. The number of carbonyl (C=O) groups is 1. The maximum absolute atomic E-state index is 10.5. The predicted octanol–water partition coefficient (Wildman–Crippen LogP) is 0.181. The summed E-state index contributed by atoms with van der Waals surface area (Å²) in [5, 5.41) is 0. The van der Waals surface area contributed by atoms with Crippen LogP contribution in [0.5, 0.6) is 0 Å². The number of rotatable bonds is 1. The smallest absolute Gasteiger partial charge is 0.276 e. The zero-order valence-electron chi connectivity index (χ0n) is 5.30. The lowest BCUT2D eigenvalue weighted by Gasteiger charge is -2.17. The Hall–Kier alpha value is -0.353. The summed E-state index contributed by atoms with van der Waals surface area (Å²) in [7, 11) is -1.56. The highest BCUT2D eigenvalue weighted by molar-refractivity contribution is 6.84. The van der Waals surface area contributed by atoms with Crippen molar-refractivity contribution in [1.29, 1.82) is 0 Å². The van der Waals surface area contributed by atoms with Crippen molar-refractivity contribution in [3.05, 3.63) is 0 Å². The van der Waals surface area contributed by atoms with Crippen LogP contribution in [0.15, 0.2) is 0 Å². The zero-order chi connectivity index (χ0) is 6.69. The highest BCUT2D eigenvalue weighted by Crippen LogP contribution is 2.09. The highest BCUT2D eigenvalue weighted by Gasteiger charge is 2.21. The fourth-order valence-electron chi connectivity index (χ4n) is 0.965. The third kappa shape index (κ3) is 1.80. The average molecular weight is 145 g/mol. The Balaban J connectivity index is 2.31. The molecule has 0 radical (unpaired) electrons. The summed E-state index contributed by atoms with van der Waals surface area (Å²) in [5.74, 6) is 0. The first kappa shape index (κ1) is 6.76. The lowest BCUT2D eigenvalue weighted by molar-refractivity contribution is 0.248. The molecule has 1 amide bonds. The van der Waals surface area contributed by atoms with Gasteiger partial charge in [0.2, 0.25) is 5.53 Å². The molecule has 0 bridgehead atoms. The van der Waals surface area contributed by atoms with E-state index < -0.39 is 9.04 Å². The molecule has 0 aromatic heterocycles. The van der Waals surface area contributed by atoms with Gasteiger partial charge >= 0.3 is 0 Å². The van der Waals surface area contributed by atoms with Crippen LogP contribution >= 0.6 is 0 Å². The zero-order valence-corrected chi connectivity index (χ0v) is 6.45. The van der Waals surface area contributed by atoms with E-state index in [0.717, 1.165) is 25.5 Å². The standard InChI is InChI=1S/C5H11NO2Si/c6-5(7)9-4-2-1-3-8-9/h9H,1-4H2,(H2,6,7). The van der Waals surface area contributed by atoms with E-state index in [0.29, 0.717) is 0 Å². The largest absolute Gasteiger partial charge is 0.410 e. The molecular formula is C5H11NO2Si. The maximum Gasteiger partial charge on any atom is 0.276 e. The topological polar surface area (TPSA) is 52.3 Å². The monoisotopic (exact) mass is 145 g/mol. The van der Waals surface area contributed by atoms with Crippen molar-refractivity contribution in [2.45, 2.75) is 18.9 Å². The molecule has 9 heavy (non-hydrogen) atoms.